The summed E-state index contributed by atoms with van der Waals surface area (Å²) in [6.45, 7) is 10.7. The van der Waals surface area contributed by atoms with E-state index in [9.17, 15) is 5.26 Å². The fourth-order valence-electron chi connectivity index (χ4n) is 2.96. The van der Waals surface area contributed by atoms with Gasteiger partial charge in [-0.2, -0.15) is 5.26 Å². The molecule has 1 aromatic carbocycles. The number of hydrogen-bond donors (Lipinski definition) is 0. The molecule has 0 aliphatic carbocycles. The van der Waals surface area contributed by atoms with Gasteiger partial charge in [0.15, 0.2) is 4.96 Å². The van der Waals surface area contributed by atoms with Gasteiger partial charge in [0.1, 0.15) is 0 Å². The number of nitrogens with zero attached hydrogens (tertiary/aromatic N) is 3. The van der Waals surface area contributed by atoms with Gasteiger partial charge in [-0.3, -0.25) is 4.40 Å². The zero-order chi connectivity index (χ0) is 16.8. The Hall–Kier alpha value is -2.12. The van der Waals surface area contributed by atoms with Crippen LogP contribution in [0.25, 0.3) is 16.2 Å². The number of rotatable bonds is 2. The maximum absolute atomic E-state index is 9.30. The minimum atomic E-state index is -0.0730. The van der Waals surface area contributed by atoms with E-state index in [1.165, 1.54) is 21.7 Å². The van der Waals surface area contributed by atoms with E-state index < -0.39 is 0 Å². The van der Waals surface area contributed by atoms with Gasteiger partial charge in [-0.15, -0.1) is 11.3 Å². The summed E-state index contributed by atoms with van der Waals surface area (Å²) in [4.78, 5) is 7.07. The molecule has 4 heteroatoms. The van der Waals surface area contributed by atoms with Crippen LogP contribution >= 0.6 is 11.3 Å². The highest BCUT2D eigenvalue weighted by Crippen LogP contribution is 2.36. The van der Waals surface area contributed by atoms with Gasteiger partial charge < -0.3 is 0 Å². The Morgan fingerprint density at radius 1 is 1.17 bits per heavy atom. The molecule has 3 nitrogen and oxygen atoms in total. The lowest BCUT2D eigenvalue weighted by Gasteiger charge is -2.17. The minimum absolute atomic E-state index is 0.0730. The predicted molar refractivity (Wildman–Crippen MR) is 96.0 cm³/mol. The Morgan fingerprint density at radius 2 is 1.83 bits per heavy atom. The summed E-state index contributed by atoms with van der Waals surface area (Å²) in [5.74, 6) is 0. The van der Waals surface area contributed by atoms with Crippen LogP contribution < -0.4 is 0 Å². The van der Waals surface area contributed by atoms with Crippen molar-refractivity contribution in [3.05, 3.63) is 46.1 Å². The quantitative estimate of drug-likeness (QED) is 0.662. The van der Waals surface area contributed by atoms with Crippen molar-refractivity contribution in [3.63, 3.8) is 0 Å². The molecule has 118 valence electrons. The first-order valence-corrected chi connectivity index (χ1v) is 8.59. The number of aryl methyl sites for hydroxylation is 2. The summed E-state index contributed by atoms with van der Waals surface area (Å²) in [6, 6.07) is 10.9. The molecule has 0 spiro atoms. The van der Waals surface area contributed by atoms with Crippen LogP contribution in [0.1, 0.15) is 42.6 Å². The molecule has 0 aliphatic heterocycles. The van der Waals surface area contributed by atoms with Crippen molar-refractivity contribution >= 4 is 16.3 Å². The first-order chi connectivity index (χ1) is 10.8. The average Bonchev–Trinajstić information content (AvgIpc) is 2.96. The van der Waals surface area contributed by atoms with Crippen LogP contribution in [0.3, 0.4) is 0 Å². The van der Waals surface area contributed by atoms with Crippen LogP contribution in [-0.2, 0) is 11.8 Å². The summed E-state index contributed by atoms with van der Waals surface area (Å²) < 4.78 is 2.19. The van der Waals surface area contributed by atoms with Crippen molar-refractivity contribution in [2.45, 2.75) is 46.5 Å². The molecule has 0 atom stereocenters. The van der Waals surface area contributed by atoms with E-state index in [1.54, 1.807) is 11.3 Å². The van der Waals surface area contributed by atoms with Crippen molar-refractivity contribution in [1.29, 1.82) is 5.26 Å². The van der Waals surface area contributed by atoms with E-state index in [0.29, 0.717) is 6.42 Å². The van der Waals surface area contributed by atoms with Crippen molar-refractivity contribution in [2.24, 2.45) is 0 Å². The zero-order valence-corrected chi connectivity index (χ0v) is 15.1. The maximum Gasteiger partial charge on any atom is 0.194 e. The molecule has 0 fully saturated rings. The van der Waals surface area contributed by atoms with Gasteiger partial charge in [-0.1, -0.05) is 50.6 Å². The molecule has 0 saturated heterocycles. The molecule has 3 rings (SSSR count). The normalized spacial score (nSPS) is 11.8. The van der Waals surface area contributed by atoms with E-state index >= 15 is 0 Å². The van der Waals surface area contributed by atoms with Crippen molar-refractivity contribution in [2.75, 3.05) is 0 Å². The second-order valence-corrected chi connectivity index (χ2v) is 8.16. The molecule has 0 N–H and O–H groups in total. The lowest BCUT2D eigenvalue weighted by atomic mass is 9.90. The largest absolute Gasteiger partial charge is 0.286 e. The molecule has 0 amide bonds. The number of nitriles is 1. The first kappa shape index (κ1) is 15.8. The van der Waals surface area contributed by atoms with Crippen LogP contribution in [0.5, 0.6) is 0 Å². The van der Waals surface area contributed by atoms with Crippen LogP contribution in [0.2, 0.25) is 0 Å². The summed E-state index contributed by atoms with van der Waals surface area (Å²) in [5.41, 5.74) is 5.57. The number of thiazole rings is 1. The van der Waals surface area contributed by atoms with Gasteiger partial charge in [0.25, 0.3) is 0 Å². The molecule has 2 heterocycles. The fraction of sp³-hybridized carbons (Fsp3) is 0.368. The minimum Gasteiger partial charge on any atom is -0.286 e. The van der Waals surface area contributed by atoms with Crippen LogP contribution in [0, 0.1) is 25.2 Å². The number of hydrogen-bond acceptors (Lipinski definition) is 3. The van der Waals surface area contributed by atoms with E-state index in [2.05, 4.69) is 69.4 Å². The topological polar surface area (TPSA) is 41.1 Å². The molecular formula is C19H21N3S. The highest BCUT2D eigenvalue weighted by Gasteiger charge is 2.26. The Bertz CT molecular complexity index is 899. The van der Waals surface area contributed by atoms with Gasteiger partial charge in [0.05, 0.1) is 29.6 Å². The van der Waals surface area contributed by atoms with Gasteiger partial charge in [-0.05, 0) is 19.4 Å². The SMILES string of the molecule is Cc1ccc(-c2c(C)sc3nc(C(C)(C)C)c(CC#N)n23)cc1. The fourth-order valence-corrected chi connectivity index (χ4v) is 3.96. The highest BCUT2D eigenvalue weighted by molar-refractivity contribution is 7.17. The number of imidazole rings is 1. The lowest BCUT2D eigenvalue weighted by molar-refractivity contribution is 0.566. The maximum atomic E-state index is 9.30. The summed E-state index contributed by atoms with van der Waals surface area (Å²) in [5, 5.41) is 9.30. The number of aromatic nitrogens is 2. The predicted octanol–water partition coefficient (Wildman–Crippen LogP) is 5.04. The molecular weight excluding hydrogens is 302 g/mol. The Kier molecular flexibility index (Phi) is 3.77. The summed E-state index contributed by atoms with van der Waals surface area (Å²) in [7, 11) is 0. The number of fused-ring (bicyclic) bond motifs is 1. The van der Waals surface area contributed by atoms with Gasteiger partial charge in [0, 0.05) is 10.3 Å². The van der Waals surface area contributed by atoms with Gasteiger partial charge >= 0.3 is 0 Å². The molecule has 2 aromatic heterocycles. The van der Waals surface area contributed by atoms with E-state index in [1.807, 2.05) is 0 Å². The third-order valence-electron chi connectivity index (χ3n) is 4.03. The molecule has 0 unspecified atom stereocenters. The lowest BCUT2D eigenvalue weighted by Crippen LogP contribution is -2.15. The first-order valence-electron chi connectivity index (χ1n) is 7.78. The van der Waals surface area contributed by atoms with Crippen LogP contribution in [0.15, 0.2) is 24.3 Å². The molecule has 0 radical (unpaired) electrons. The molecule has 23 heavy (non-hydrogen) atoms. The van der Waals surface area contributed by atoms with Crippen molar-refractivity contribution in [1.82, 2.24) is 9.38 Å². The smallest absolute Gasteiger partial charge is 0.194 e. The second-order valence-electron chi connectivity index (χ2n) is 6.98. The Labute approximate surface area is 141 Å². The summed E-state index contributed by atoms with van der Waals surface area (Å²) in [6.07, 6.45) is 0.378. The van der Waals surface area contributed by atoms with Gasteiger partial charge in [0.2, 0.25) is 0 Å². The molecule has 0 aliphatic rings. The Balaban J connectivity index is 2.34. The van der Waals surface area contributed by atoms with E-state index in [0.717, 1.165) is 16.3 Å². The van der Waals surface area contributed by atoms with Gasteiger partial charge in [-0.25, -0.2) is 4.98 Å². The third-order valence-corrected chi connectivity index (χ3v) is 4.98. The monoisotopic (exact) mass is 323 g/mol. The van der Waals surface area contributed by atoms with E-state index in [4.69, 9.17) is 4.98 Å². The third kappa shape index (κ3) is 2.66. The standard InChI is InChI=1S/C19H21N3S/c1-12-6-8-14(9-7-12)16-13(2)23-18-21-17(19(3,4)5)15(10-11-20)22(16)18/h6-9H,10H2,1-5H3. The zero-order valence-electron chi connectivity index (χ0n) is 14.3. The van der Waals surface area contributed by atoms with Crippen LogP contribution in [0.4, 0.5) is 0 Å². The molecule has 0 bridgehead atoms. The van der Waals surface area contributed by atoms with Crippen molar-refractivity contribution in [3.8, 4) is 17.3 Å². The van der Waals surface area contributed by atoms with Crippen LogP contribution in [-0.4, -0.2) is 9.38 Å². The Morgan fingerprint density at radius 3 is 2.39 bits per heavy atom. The average molecular weight is 323 g/mol. The molecule has 3 aromatic rings. The molecule has 0 saturated carbocycles. The number of benzene rings is 1. The highest BCUT2D eigenvalue weighted by atomic mass is 32.1. The summed E-state index contributed by atoms with van der Waals surface area (Å²) >= 11 is 1.70. The van der Waals surface area contributed by atoms with Crippen molar-refractivity contribution < 1.29 is 0 Å². The second kappa shape index (κ2) is 5.50. The van der Waals surface area contributed by atoms with E-state index in [-0.39, 0.29) is 5.41 Å².